The quantitative estimate of drug-likeness (QED) is 0.706. The first-order chi connectivity index (χ1) is 13.0. The third-order valence-corrected chi connectivity index (χ3v) is 6.29. The summed E-state index contributed by atoms with van der Waals surface area (Å²) in [5.41, 5.74) is 2.06. The summed E-state index contributed by atoms with van der Waals surface area (Å²) in [6.45, 7) is 4.04. The molecule has 1 heterocycles. The van der Waals surface area contributed by atoms with Gasteiger partial charge in [0.25, 0.3) is 15.9 Å². The van der Waals surface area contributed by atoms with E-state index >= 15 is 0 Å². The van der Waals surface area contributed by atoms with Crippen molar-refractivity contribution in [3.8, 4) is 0 Å². The lowest BCUT2D eigenvalue weighted by atomic mass is 10.2. The number of nitrogens with one attached hydrogen (secondary N) is 1. The number of carbonyl (C=O) groups is 1. The number of carbonyl (C=O) groups excluding carboxylic acids is 1. The molecule has 1 aliphatic rings. The van der Waals surface area contributed by atoms with Crippen molar-refractivity contribution in [2.45, 2.75) is 24.7 Å². The summed E-state index contributed by atoms with van der Waals surface area (Å²) in [7, 11) is -3.71. The summed E-state index contributed by atoms with van der Waals surface area (Å²) in [6.07, 6.45) is 1.40. The fraction of sp³-hybridized carbons (Fsp3) is 0.350. The number of ether oxygens (including phenoxy) is 1. The number of sulfonamides is 1. The van der Waals surface area contributed by atoms with E-state index in [1.807, 2.05) is 31.2 Å². The fourth-order valence-electron chi connectivity index (χ4n) is 3.11. The molecule has 1 amide bonds. The molecule has 3 rings (SSSR count). The van der Waals surface area contributed by atoms with Gasteiger partial charge in [0.05, 0.1) is 10.6 Å². The van der Waals surface area contributed by atoms with Crippen LogP contribution >= 0.6 is 0 Å². The molecule has 0 saturated carbocycles. The van der Waals surface area contributed by atoms with Gasteiger partial charge >= 0.3 is 0 Å². The fourth-order valence-corrected chi connectivity index (χ4v) is 4.65. The first-order valence-corrected chi connectivity index (χ1v) is 10.5. The summed E-state index contributed by atoms with van der Waals surface area (Å²) < 4.78 is 32.8. The average molecular weight is 388 g/mol. The van der Waals surface area contributed by atoms with Gasteiger partial charge in [-0.1, -0.05) is 24.3 Å². The normalized spacial score (nSPS) is 13.4. The van der Waals surface area contributed by atoms with Crippen molar-refractivity contribution in [3.05, 3.63) is 59.7 Å². The van der Waals surface area contributed by atoms with Gasteiger partial charge in [0.2, 0.25) is 0 Å². The standard InChI is InChI=1S/C20H24N2O4S/c1-2-26-14-6-12-21-20(23)17-8-5-9-18(15-17)27(24,25)22-13-11-16-7-3-4-10-19(16)22/h3-5,7-10,15H,2,6,11-14H2,1H3,(H,21,23). The van der Waals surface area contributed by atoms with Crippen LogP contribution < -0.4 is 9.62 Å². The largest absolute Gasteiger partial charge is 0.382 e. The first kappa shape index (κ1) is 19.4. The van der Waals surface area contributed by atoms with Gasteiger partial charge in [0.15, 0.2) is 0 Å². The summed E-state index contributed by atoms with van der Waals surface area (Å²) in [5, 5.41) is 2.79. The zero-order chi connectivity index (χ0) is 19.3. The van der Waals surface area contributed by atoms with E-state index < -0.39 is 10.0 Å². The molecule has 2 aromatic rings. The third kappa shape index (κ3) is 4.31. The molecule has 0 aromatic heterocycles. The molecular formula is C20H24N2O4S. The number of hydrogen-bond donors (Lipinski definition) is 1. The van der Waals surface area contributed by atoms with Crippen molar-refractivity contribution in [2.75, 3.05) is 30.6 Å². The molecule has 2 aromatic carbocycles. The summed E-state index contributed by atoms with van der Waals surface area (Å²) in [6, 6.07) is 13.7. The highest BCUT2D eigenvalue weighted by Crippen LogP contribution is 2.32. The molecular weight excluding hydrogens is 364 g/mol. The monoisotopic (exact) mass is 388 g/mol. The smallest absolute Gasteiger partial charge is 0.264 e. The highest BCUT2D eigenvalue weighted by molar-refractivity contribution is 7.92. The van der Waals surface area contributed by atoms with Gasteiger partial charge in [-0.15, -0.1) is 0 Å². The molecule has 0 fully saturated rings. The molecule has 0 saturated heterocycles. The Hall–Kier alpha value is -2.38. The second kappa shape index (κ2) is 8.54. The molecule has 0 spiro atoms. The van der Waals surface area contributed by atoms with E-state index in [0.29, 0.717) is 50.4 Å². The minimum atomic E-state index is -3.71. The van der Waals surface area contributed by atoms with Crippen LogP contribution in [0.15, 0.2) is 53.4 Å². The summed E-state index contributed by atoms with van der Waals surface area (Å²) in [4.78, 5) is 12.4. The Morgan fingerprint density at radius 3 is 2.81 bits per heavy atom. The molecule has 6 nitrogen and oxygen atoms in total. The number of rotatable bonds is 8. The Balaban J connectivity index is 1.74. The van der Waals surface area contributed by atoms with E-state index in [1.165, 1.54) is 16.4 Å². The summed E-state index contributed by atoms with van der Waals surface area (Å²) >= 11 is 0. The predicted octanol–water partition coefficient (Wildman–Crippen LogP) is 2.59. The van der Waals surface area contributed by atoms with Gasteiger partial charge in [-0.25, -0.2) is 8.42 Å². The maximum Gasteiger partial charge on any atom is 0.264 e. The Morgan fingerprint density at radius 1 is 1.19 bits per heavy atom. The van der Waals surface area contributed by atoms with Crippen LogP contribution in [0.2, 0.25) is 0 Å². The zero-order valence-electron chi connectivity index (χ0n) is 15.3. The molecule has 7 heteroatoms. The molecule has 1 aliphatic heterocycles. The van der Waals surface area contributed by atoms with Gasteiger partial charge in [0.1, 0.15) is 0 Å². The number of para-hydroxylation sites is 1. The third-order valence-electron chi connectivity index (χ3n) is 4.48. The minimum absolute atomic E-state index is 0.126. The van der Waals surface area contributed by atoms with Gasteiger partial charge < -0.3 is 10.1 Å². The van der Waals surface area contributed by atoms with Crippen molar-refractivity contribution >= 4 is 21.6 Å². The van der Waals surface area contributed by atoms with Crippen LogP contribution in [0, 0.1) is 0 Å². The van der Waals surface area contributed by atoms with E-state index in [9.17, 15) is 13.2 Å². The molecule has 144 valence electrons. The van der Waals surface area contributed by atoms with E-state index in [0.717, 1.165) is 5.56 Å². The number of anilines is 1. The Morgan fingerprint density at radius 2 is 2.00 bits per heavy atom. The SMILES string of the molecule is CCOCCCNC(=O)c1cccc(S(=O)(=O)N2CCc3ccccc32)c1. The van der Waals surface area contributed by atoms with Crippen LogP contribution in [-0.4, -0.2) is 40.6 Å². The zero-order valence-corrected chi connectivity index (χ0v) is 16.2. The second-order valence-corrected chi connectivity index (χ2v) is 8.15. The average Bonchev–Trinajstić information content (AvgIpc) is 3.13. The van der Waals surface area contributed by atoms with E-state index in [-0.39, 0.29) is 10.8 Å². The highest BCUT2D eigenvalue weighted by atomic mass is 32.2. The molecule has 1 N–H and O–H groups in total. The molecule has 0 radical (unpaired) electrons. The maximum atomic E-state index is 13.1. The van der Waals surface area contributed by atoms with Crippen molar-refractivity contribution in [3.63, 3.8) is 0 Å². The van der Waals surface area contributed by atoms with Gasteiger partial charge in [0, 0.05) is 31.9 Å². The maximum absolute atomic E-state index is 13.1. The predicted molar refractivity (Wildman–Crippen MR) is 105 cm³/mol. The first-order valence-electron chi connectivity index (χ1n) is 9.10. The number of fused-ring (bicyclic) bond motifs is 1. The number of hydrogen-bond acceptors (Lipinski definition) is 4. The van der Waals surface area contributed by atoms with Crippen LogP contribution in [0.5, 0.6) is 0 Å². The Kier molecular flexibility index (Phi) is 6.13. The number of amides is 1. The lowest BCUT2D eigenvalue weighted by molar-refractivity contribution is 0.0944. The molecule has 0 unspecified atom stereocenters. The molecule has 0 bridgehead atoms. The molecule has 0 aliphatic carbocycles. The minimum Gasteiger partial charge on any atom is -0.382 e. The topological polar surface area (TPSA) is 75.7 Å². The number of nitrogens with zero attached hydrogens (tertiary/aromatic N) is 1. The Bertz CT molecular complexity index is 912. The van der Waals surface area contributed by atoms with Crippen LogP contribution in [0.4, 0.5) is 5.69 Å². The molecule has 0 atom stereocenters. The van der Waals surface area contributed by atoms with Crippen LogP contribution in [0.25, 0.3) is 0 Å². The van der Waals surface area contributed by atoms with Crippen molar-refractivity contribution in [1.82, 2.24) is 5.32 Å². The molecule has 27 heavy (non-hydrogen) atoms. The lowest BCUT2D eigenvalue weighted by Crippen LogP contribution is -2.30. The van der Waals surface area contributed by atoms with Gasteiger partial charge in [-0.2, -0.15) is 0 Å². The van der Waals surface area contributed by atoms with Gasteiger partial charge in [-0.3, -0.25) is 9.10 Å². The van der Waals surface area contributed by atoms with Crippen LogP contribution in [0.1, 0.15) is 29.3 Å². The lowest BCUT2D eigenvalue weighted by Gasteiger charge is -2.20. The number of benzene rings is 2. The van der Waals surface area contributed by atoms with Crippen LogP contribution in [0.3, 0.4) is 0 Å². The van der Waals surface area contributed by atoms with Crippen molar-refractivity contribution in [1.29, 1.82) is 0 Å². The second-order valence-electron chi connectivity index (χ2n) is 6.29. The summed E-state index contributed by atoms with van der Waals surface area (Å²) in [5.74, 6) is -0.287. The van der Waals surface area contributed by atoms with E-state index in [2.05, 4.69) is 5.32 Å². The van der Waals surface area contributed by atoms with Crippen molar-refractivity contribution in [2.24, 2.45) is 0 Å². The van der Waals surface area contributed by atoms with Gasteiger partial charge in [-0.05, 0) is 49.6 Å². The highest BCUT2D eigenvalue weighted by Gasteiger charge is 2.30. The van der Waals surface area contributed by atoms with Crippen LogP contribution in [-0.2, 0) is 21.2 Å². The Labute approximate surface area is 160 Å². The van der Waals surface area contributed by atoms with E-state index in [4.69, 9.17) is 4.74 Å². The van der Waals surface area contributed by atoms with Crippen molar-refractivity contribution < 1.29 is 17.9 Å². The van der Waals surface area contributed by atoms with E-state index in [1.54, 1.807) is 12.1 Å².